The largest absolute Gasteiger partial charge is 0.393 e. The highest BCUT2D eigenvalue weighted by atomic mass is 19.1. The monoisotopic (exact) mass is 254 g/mol. The summed E-state index contributed by atoms with van der Waals surface area (Å²) in [5.74, 6) is -0.399. The third kappa shape index (κ3) is 3.77. The molecule has 0 spiro atoms. The molecule has 0 amide bonds. The van der Waals surface area contributed by atoms with Gasteiger partial charge in [-0.3, -0.25) is 0 Å². The average Bonchev–Trinajstić information content (AvgIpc) is 2.83. The van der Waals surface area contributed by atoms with E-state index in [9.17, 15) is 13.9 Å². The standard InChI is InChI=1S/C15H20F2O/c16-13-7-6-12(15(17)10-13)9-14(18)8-5-11-3-1-2-4-11/h6-7,10-11,14,18H,1-5,8-9H2. The lowest BCUT2D eigenvalue weighted by atomic mass is 9.96. The molecule has 0 heterocycles. The van der Waals surface area contributed by atoms with Crippen molar-refractivity contribution in [1.29, 1.82) is 0 Å². The number of hydrogen-bond acceptors (Lipinski definition) is 1. The summed E-state index contributed by atoms with van der Waals surface area (Å²) in [6.45, 7) is 0. The highest BCUT2D eigenvalue weighted by Crippen LogP contribution is 2.29. The molecule has 0 saturated heterocycles. The minimum absolute atomic E-state index is 0.277. The summed E-state index contributed by atoms with van der Waals surface area (Å²) in [4.78, 5) is 0. The summed E-state index contributed by atoms with van der Waals surface area (Å²) in [5.41, 5.74) is 0.398. The summed E-state index contributed by atoms with van der Waals surface area (Å²) in [7, 11) is 0. The molecular formula is C15H20F2O. The van der Waals surface area contributed by atoms with Crippen LogP contribution in [-0.4, -0.2) is 11.2 Å². The number of rotatable bonds is 5. The first-order valence-electron chi connectivity index (χ1n) is 6.77. The second kappa shape index (κ2) is 6.28. The average molecular weight is 254 g/mol. The summed E-state index contributed by atoms with van der Waals surface area (Å²) in [6.07, 6.45) is 6.60. The number of aliphatic hydroxyl groups is 1. The maximum atomic E-state index is 13.4. The highest BCUT2D eigenvalue weighted by Gasteiger charge is 2.17. The van der Waals surface area contributed by atoms with Crippen LogP contribution >= 0.6 is 0 Å². The van der Waals surface area contributed by atoms with Crippen molar-refractivity contribution in [2.45, 2.75) is 51.0 Å². The second-order valence-electron chi connectivity index (χ2n) is 5.32. The van der Waals surface area contributed by atoms with Crippen LogP contribution in [0.15, 0.2) is 18.2 Å². The Morgan fingerprint density at radius 3 is 2.61 bits per heavy atom. The Labute approximate surface area is 107 Å². The van der Waals surface area contributed by atoms with Crippen LogP contribution in [0.25, 0.3) is 0 Å². The molecule has 1 nitrogen and oxygen atoms in total. The molecule has 1 aromatic rings. The van der Waals surface area contributed by atoms with Crippen LogP contribution in [0.4, 0.5) is 8.78 Å². The van der Waals surface area contributed by atoms with E-state index in [2.05, 4.69) is 0 Å². The van der Waals surface area contributed by atoms with Gasteiger partial charge in [0.15, 0.2) is 0 Å². The molecule has 1 N–H and O–H groups in total. The van der Waals surface area contributed by atoms with E-state index in [4.69, 9.17) is 0 Å². The summed E-state index contributed by atoms with van der Waals surface area (Å²) in [5, 5.41) is 9.90. The molecule has 1 saturated carbocycles. The van der Waals surface area contributed by atoms with Crippen molar-refractivity contribution < 1.29 is 13.9 Å². The number of aliphatic hydroxyl groups excluding tert-OH is 1. The molecule has 1 aliphatic rings. The zero-order valence-electron chi connectivity index (χ0n) is 10.5. The van der Waals surface area contributed by atoms with Crippen LogP contribution in [0.2, 0.25) is 0 Å². The zero-order chi connectivity index (χ0) is 13.0. The molecule has 1 atom stereocenters. The lowest BCUT2D eigenvalue weighted by molar-refractivity contribution is 0.153. The summed E-state index contributed by atoms with van der Waals surface area (Å²) < 4.78 is 26.1. The predicted octanol–water partition coefficient (Wildman–Crippen LogP) is 3.84. The number of hydrogen-bond donors (Lipinski definition) is 1. The molecule has 1 aliphatic carbocycles. The van der Waals surface area contributed by atoms with E-state index in [1.807, 2.05) is 0 Å². The fourth-order valence-electron chi connectivity index (χ4n) is 2.77. The fraction of sp³-hybridized carbons (Fsp3) is 0.600. The Hall–Kier alpha value is -0.960. The predicted molar refractivity (Wildman–Crippen MR) is 67.3 cm³/mol. The SMILES string of the molecule is OC(CCC1CCCC1)Cc1ccc(F)cc1F. The van der Waals surface area contributed by atoms with Crippen LogP contribution in [0, 0.1) is 17.6 Å². The van der Waals surface area contributed by atoms with Gasteiger partial charge in [0, 0.05) is 12.5 Å². The topological polar surface area (TPSA) is 20.2 Å². The Morgan fingerprint density at radius 2 is 1.94 bits per heavy atom. The third-order valence-corrected chi connectivity index (χ3v) is 3.85. The molecule has 0 bridgehead atoms. The van der Waals surface area contributed by atoms with Crippen molar-refractivity contribution in [3.63, 3.8) is 0 Å². The van der Waals surface area contributed by atoms with Crippen molar-refractivity contribution in [1.82, 2.24) is 0 Å². The highest BCUT2D eigenvalue weighted by molar-refractivity contribution is 5.19. The Bertz CT molecular complexity index is 386. The molecule has 0 radical (unpaired) electrons. The number of halogens is 2. The quantitative estimate of drug-likeness (QED) is 0.846. The van der Waals surface area contributed by atoms with Crippen LogP contribution in [-0.2, 0) is 6.42 Å². The molecule has 3 heteroatoms. The van der Waals surface area contributed by atoms with Crippen LogP contribution < -0.4 is 0 Å². The van der Waals surface area contributed by atoms with Gasteiger partial charge in [-0.1, -0.05) is 31.7 Å². The molecule has 0 aromatic heterocycles. The van der Waals surface area contributed by atoms with Crippen molar-refractivity contribution in [2.75, 3.05) is 0 Å². The van der Waals surface area contributed by atoms with Gasteiger partial charge in [-0.15, -0.1) is 0 Å². The normalized spacial score (nSPS) is 18.2. The van der Waals surface area contributed by atoms with E-state index in [0.29, 0.717) is 12.0 Å². The lowest BCUT2D eigenvalue weighted by Crippen LogP contribution is -2.13. The van der Waals surface area contributed by atoms with E-state index in [1.165, 1.54) is 37.8 Å². The minimum Gasteiger partial charge on any atom is -0.393 e. The molecule has 100 valence electrons. The lowest BCUT2D eigenvalue weighted by Gasteiger charge is -2.14. The van der Waals surface area contributed by atoms with Crippen LogP contribution in [0.5, 0.6) is 0 Å². The maximum absolute atomic E-state index is 13.4. The Morgan fingerprint density at radius 1 is 1.22 bits per heavy atom. The first kappa shape index (κ1) is 13.5. The van der Waals surface area contributed by atoms with Crippen molar-refractivity contribution in [2.24, 2.45) is 5.92 Å². The van der Waals surface area contributed by atoms with Crippen molar-refractivity contribution >= 4 is 0 Å². The van der Waals surface area contributed by atoms with Gasteiger partial charge in [-0.25, -0.2) is 8.78 Å². The van der Waals surface area contributed by atoms with Crippen molar-refractivity contribution in [3.05, 3.63) is 35.4 Å². The fourth-order valence-corrected chi connectivity index (χ4v) is 2.77. The van der Waals surface area contributed by atoms with E-state index in [-0.39, 0.29) is 6.42 Å². The third-order valence-electron chi connectivity index (χ3n) is 3.85. The molecular weight excluding hydrogens is 234 g/mol. The molecule has 1 unspecified atom stereocenters. The van der Waals surface area contributed by atoms with E-state index >= 15 is 0 Å². The van der Waals surface area contributed by atoms with Gasteiger partial charge in [0.2, 0.25) is 0 Å². The van der Waals surface area contributed by atoms with Gasteiger partial charge >= 0.3 is 0 Å². The summed E-state index contributed by atoms with van der Waals surface area (Å²) in [6, 6.07) is 3.53. The molecule has 18 heavy (non-hydrogen) atoms. The van der Waals surface area contributed by atoms with Gasteiger partial charge < -0.3 is 5.11 Å². The Balaban J connectivity index is 1.80. The van der Waals surface area contributed by atoms with Crippen molar-refractivity contribution in [3.8, 4) is 0 Å². The van der Waals surface area contributed by atoms with Gasteiger partial charge in [-0.05, 0) is 30.4 Å². The smallest absolute Gasteiger partial charge is 0.129 e. The van der Waals surface area contributed by atoms with E-state index in [0.717, 1.165) is 18.4 Å². The van der Waals surface area contributed by atoms with Crippen LogP contribution in [0.3, 0.4) is 0 Å². The van der Waals surface area contributed by atoms with Gasteiger partial charge in [0.1, 0.15) is 11.6 Å². The molecule has 0 aliphatic heterocycles. The van der Waals surface area contributed by atoms with Gasteiger partial charge in [0.05, 0.1) is 6.10 Å². The van der Waals surface area contributed by atoms with Gasteiger partial charge in [-0.2, -0.15) is 0 Å². The number of benzene rings is 1. The van der Waals surface area contributed by atoms with Crippen LogP contribution in [0.1, 0.15) is 44.1 Å². The first-order valence-corrected chi connectivity index (χ1v) is 6.77. The van der Waals surface area contributed by atoms with E-state index in [1.54, 1.807) is 0 Å². The summed E-state index contributed by atoms with van der Waals surface area (Å²) >= 11 is 0. The second-order valence-corrected chi connectivity index (χ2v) is 5.32. The maximum Gasteiger partial charge on any atom is 0.129 e. The molecule has 1 aromatic carbocycles. The molecule has 2 rings (SSSR count). The minimum atomic E-state index is -0.573. The first-order chi connectivity index (χ1) is 8.65. The van der Waals surface area contributed by atoms with E-state index < -0.39 is 17.7 Å². The Kier molecular flexibility index (Phi) is 4.70. The molecule has 1 fully saturated rings. The van der Waals surface area contributed by atoms with Gasteiger partial charge in [0.25, 0.3) is 0 Å². The zero-order valence-corrected chi connectivity index (χ0v) is 10.5.